The molecular formula is C15H24N2O3S. The molecule has 0 spiro atoms. The van der Waals surface area contributed by atoms with Crippen LogP contribution in [0.15, 0.2) is 12.3 Å². The standard InChI is InChI=1S/C15H24N2O3S/c1-11(2)14(15(18)19)21(20)10-12-8-9-17(16-12)13-6-4-3-5-7-13/h8-9,11,13-14H,3-7,10H2,1-2H3,(H,18,19). The van der Waals surface area contributed by atoms with Gasteiger partial charge >= 0.3 is 5.97 Å². The van der Waals surface area contributed by atoms with Crippen molar-refractivity contribution in [3.05, 3.63) is 18.0 Å². The molecule has 0 amide bonds. The summed E-state index contributed by atoms with van der Waals surface area (Å²) in [5.41, 5.74) is 0.728. The topological polar surface area (TPSA) is 72.2 Å². The van der Waals surface area contributed by atoms with Crippen LogP contribution in [0.2, 0.25) is 0 Å². The summed E-state index contributed by atoms with van der Waals surface area (Å²) in [5.74, 6) is -0.923. The van der Waals surface area contributed by atoms with Gasteiger partial charge in [0.15, 0.2) is 0 Å². The highest BCUT2D eigenvalue weighted by atomic mass is 32.2. The first-order valence-corrected chi connectivity index (χ1v) is 9.01. The van der Waals surface area contributed by atoms with Gasteiger partial charge in [0.2, 0.25) is 0 Å². The third-order valence-corrected chi connectivity index (χ3v) is 5.93. The number of hydrogen-bond donors (Lipinski definition) is 1. The van der Waals surface area contributed by atoms with Crippen molar-refractivity contribution in [2.75, 3.05) is 0 Å². The average molecular weight is 312 g/mol. The molecule has 118 valence electrons. The molecule has 5 nitrogen and oxygen atoms in total. The molecule has 0 bridgehead atoms. The molecule has 1 aliphatic rings. The predicted molar refractivity (Wildman–Crippen MR) is 82.5 cm³/mol. The van der Waals surface area contributed by atoms with Gasteiger partial charge in [0, 0.05) is 17.0 Å². The van der Waals surface area contributed by atoms with E-state index in [1.807, 2.05) is 16.9 Å². The Bertz CT molecular complexity index is 507. The second-order valence-corrected chi connectivity index (χ2v) is 7.66. The van der Waals surface area contributed by atoms with E-state index >= 15 is 0 Å². The lowest BCUT2D eigenvalue weighted by Crippen LogP contribution is -2.31. The van der Waals surface area contributed by atoms with Gasteiger partial charge in [0.25, 0.3) is 0 Å². The fourth-order valence-electron chi connectivity index (χ4n) is 2.94. The molecule has 1 aliphatic carbocycles. The van der Waals surface area contributed by atoms with Crippen molar-refractivity contribution >= 4 is 16.8 Å². The van der Waals surface area contributed by atoms with Crippen molar-refractivity contribution in [2.45, 2.75) is 63.0 Å². The lowest BCUT2D eigenvalue weighted by Gasteiger charge is -2.21. The Hall–Kier alpha value is -1.17. The Balaban J connectivity index is 2.01. The molecule has 21 heavy (non-hydrogen) atoms. The van der Waals surface area contributed by atoms with E-state index in [9.17, 15) is 14.1 Å². The molecule has 1 N–H and O–H groups in total. The van der Waals surface area contributed by atoms with E-state index in [1.165, 1.54) is 19.3 Å². The van der Waals surface area contributed by atoms with Gasteiger partial charge in [-0.25, -0.2) is 0 Å². The van der Waals surface area contributed by atoms with Gasteiger partial charge in [-0.2, -0.15) is 5.10 Å². The highest BCUT2D eigenvalue weighted by Crippen LogP contribution is 2.27. The van der Waals surface area contributed by atoms with Gasteiger partial charge in [-0.1, -0.05) is 33.1 Å². The van der Waals surface area contributed by atoms with E-state index in [1.54, 1.807) is 13.8 Å². The van der Waals surface area contributed by atoms with E-state index in [0.717, 1.165) is 18.5 Å². The first-order chi connectivity index (χ1) is 9.99. The van der Waals surface area contributed by atoms with E-state index in [2.05, 4.69) is 5.10 Å². The number of carboxylic acid groups (broad SMARTS) is 1. The summed E-state index contributed by atoms with van der Waals surface area (Å²) in [6.07, 6.45) is 8.00. The van der Waals surface area contributed by atoms with E-state index in [-0.39, 0.29) is 11.7 Å². The van der Waals surface area contributed by atoms with E-state index < -0.39 is 22.0 Å². The van der Waals surface area contributed by atoms with Crippen LogP contribution in [-0.4, -0.2) is 30.3 Å². The average Bonchev–Trinajstić information content (AvgIpc) is 2.87. The number of aromatic nitrogens is 2. The minimum absolute atomic E-state index is 0.149. The summed E-state index contributed by atoms with van der Waals surface area (Å²) in [6.45, 7) is 3.58. The number of rotatable bonds is 6. The Kier molecular flexibility index (Phi) is 5.56. The van der Waals surface area contributed by atoms with Crippen LogP contribution >= 0.6 is 0 Å². The van der Waals surface area contributed by atoms with Crippen LogP contribution in [0, 0.1) is 5.92 Å². The zero-order valence-electron chi connectivity index (χ0n) is 12.7. The maximum Gasteiger partial charge on any atom is 0.319 e. The fraction of sp³-hybridized carbons (Fsp3) is 0.733. The van der Waals surface area contributed by atoms with Gasteiger partial charge in [-0.15, -0.1) is 0 Å². The molecule has 6 heteroatoms. The Morgan fingerprint density at radius 1 is 1.43 bits per heavy atom. The summed E-state index contributed by atoms with van der Waals surface area (Å²) < 4.78 is 14.2. The lowest BCUT2D eigenvalue weighted by atomic mass is 9.96. The molecule has 1 fully saturated rings. The summed E-state index contributed by atoms with van der Waals surface area (Å²) in [7, 11) is -1.44. The van der Waals surface area contributed by atoms with Crippen molar-refractivity contribution in [3.8, 4) is 0 Å². The number of aliphatic carboxylic acids is 1. The van der Waals surface area contributed by atoms with Crippen LogP contribution in [0.5, 0.6) is 0 Å². The molecule has 0 saturated heterocycles. The lowest BCUT2D eigenvalue weighted by molar-refractivity contribution is -0.137. The molecule has 1 saturated carbocycles. The largest absolute Gasteiger partial charge is 0.480 e. The number of nitrogens with zero attached hydrogens (tertiary/aromatic N) is 2. The Labute approximate surface area is 128 Å². The second-order valence-electron chi connectivity index (χ2n) is 6.11. The first-order valence-electron chi connectivity index (χ1n) is 7.63. The van der Waals surface area contributed by atoms with Gasteiger partial charge in [-0.05, 0) is 24.8 Å². The van der Waals surface area contributed by atoms with E-state index in [0.29, 0.717) is 6.04 Å². The van der Waals surface area contributed by atoms with Gasteiger partial charge in [-0.3, -0.25) is 13.7 Å². The molecule has 1 heterocycles. The predicted octanol–water partition coefficient (Wildman–Crippen LogP) is 2.75. The molecule has 2 rings (SSSR count). The zero-order chi connectivity index (χ0) is 15.4. The summed E-state index contributed by atoms with van der Waals surface area (Å²) in [4.78, 5) is 11.2. The zero-order valence-corrected chi connectivity index (χ0v) is 13.5. The Morgan fingerprint density at radius 3 is 2.67 bits per heavy atom. The Morgan fingerprint density at radius 2 is 2.10 bits per heavy atom. The van der Waals surface area contributed by atoms with Crippen molar-refractivity contribution in [3.63, 3.8) is 0 Å². The second kappa shape index (κ2) is 7.20. The molecule has 0 radical (unpaired) electrons. The van der Waals surface area contributed by atoms with Gasteiger partial charge < -0.3 is 5.11 Å². The normalized spacial score (nSPS) is 19.6. The van der Waals surface area contributed by atoms with E-state index in [4.69, 9.17) is 0 Å². The van der Waals surface area contributed by atoms with Crippen LogP contribution in [0.3, 0.4) is 0 Å². The van der Waals surface area contributed by atoms with Crippen molar-refractivity contribution < 1.29 is 14.1 Å². The minimum Gasteiger partial charge on any atom is -0.480 e. The SMILES string of the molecule is CC(C)C(C(=O)O)S(=O)Cc1ccn(C2CCCCC2)n1. The number of carboxylic acids is 1. The monoisotopic (exact) mass is 312 g/mol. The molecule has 0 aromatic carbocycles. The molecule has 2 atom stereocenters. The first kappa shape index (κ1) is 16.2. The van der Waals surface area contributed by atoms with Gasteiger partial charge in [0.05, 0.1) is 17.5 Å². The molecule has 1 aromatic heterocycles. The van der Waals surface area contributed by atoms with Crippen molar-refractivity contribution in [2.24, 2.45) is 5.92 Å². The number of carbonyl (C=O) groups is 1. The van der Waals surface area contributed by atoms with Crippen LogP contribution in [-0.2, 0) is 21.3 Å². The van der Waals surface area contributed by atoms with Crippen LogP contribution in [0.25, 0.3) is 0 Å². The summed E-state index contributed by atoms with van der Waals surface area (Å²) in [5, 5.41) is 12.9. The fourth-order valence-corrected chi connectivity index (χ4v) is 4.40. The molecule has 0 aliphatic heterocycles. The highest BCUT2D eigenvalue weighted by molar-refractivity contribution is 7.85. The highest BCUT2D eigenvalue weighted by Gasteiger charge is 2.28. The maximum atomic E-state index is 12.3. The summed E-state index contributed by atoms with van der Waals surface area (Å²) >= 11 is 0. The number of hydrogen-bond acceptors (Lipinski definition) is 3. The minimum atomic E-state index is -1.44. The molecular weight excluding hydrogens is 288 g/mol. The van der Waals surface area contributed by atoms with Crippen molar-refractivity contribution in [1.29, 1.82) is 0 Å². The molecule has 2 unspecified atom stereocenters. The smallest absolute Gasteiger partial charge is 0.319 e. The third kappa shape index (κ3) is 4.15. The van der Waals surface area contributed by atoms with Crippen LogP contribution < -0.4 is 0 Å². The van der Waals surface area contributed by atoms with Crippen LogP contribution in [0.4, 0.5) is 0 Å². The maximum absolute atomic E-state index is 12.3. The quantitative estimate of drug-likeness (QED) is 0.876. The van der Waals surface area contributed by atoms with Crippen molar-refractivity contribution in [1.82, 2.24) is 9.78 Å². The third-order valence-electron chi connectivity index (χ3n) is 4.03. The van der Waals surface area contributed by atoms with Crippen LogP contribution in [0.1, 0.15) is 57.7 Å². The summed E-state index contributed by atoms with van der Waals surface area (Å²) in [6, 6.07) is 2.31. The van der Waals surface area contributed by atoms with Gasteiger partial charge in [0.1, 0.15) is 5.25 Å². The molecule has 1 aromatic rings.